The average molecular weight is 487 g/mol. The fourth-order valence-corrected chi connectivity index (χ4v) is 11.4. The molecule has 0 heterocycles. The number of hydrogen-bond acceptors (Lipinski definition) is 1. The van der Waals surface area contributed by atoms with Crippen molar-refractivity contribution >= 4 is 33.1 Å². The maximum absolute atomic E-state index is 8.33. The minimum absolute atomic E-state index is 0.719. The zero-order chi connectivity index (χ0) is 24.2. The molecule has 4 rings (SSSR count). The Hall–Kier alpha value is -2.86. The Kier molecular flexibility index (Phi) is 6.99. The molecular weight excluding hydrogens is 455 g/mol. The Morgan fingerprint density at radius 2 is 1.21 bits per heavy atom. The predicted molar refractivity (Wildman–Crippen MR) is 151 cm³/mol. The summed E-state index contributed by atoms with van der Waals surface area (Å²) < 4.78 is 5.75. The summed E-state index contributed by atoms with van der Waals surface area (Å²) in [6.45, 7) is 8.35. The fraction of sp³-hybridized carbons (Fsp3) is 0.161. The first-order chi connectivity index (χ1) is 16.4. The fourth-order valence-electron chi connectivity index (χ4n) is 5.09. The first-order valence-electron chi connectivity index (χ1n) is 11.6. The monoisotopic (exact) mass is 486 g/mol. The van der Waals surface area contributed by atoms with Gasteiger partial charge in [0.25, 0.3) is 0 Å². The van der Waals surface area contributed by atoms with E-state index in [1.165, 1.54) is 38.2 Å². The van der Waals surface area contributed by atoms with Crippen LogP contribution in [-0.2, 0) is 12.6 Å². The first kappa shape index (κ1) is 24.3. The molecule has 0 atom stereocenters. The Morgan fingerprint density at radius 3 is 1.59 bits per heavy atom. The van der Waals surface area contributed by atoms with Crippen molar-refractivity contribution in [3.05, 3.63) is 132 Å². The molecule has 0 aliphatic carbocycles. The van der Waals surface area contributed by atoms with E-state index in [2.05, 4.69) is 117 Å². The molecule has 4 aromatic rings. The van der Waals surface area contributed by atoms with Crippen LogP contribution in [0, 0.1) is 13.8 Å². The summed E-state index contributed by atoms with van der Waals surface area (Å²) in [6.07, 6.45) is 3.41. The van der Waals surface area contributed by atoms with Crippen molar-refractivity contribution in [2.75, 3.05) is 7.11 Å². The molecule has 0 aliphatic heterocycles. The van der Waals surface area contributed by atoms with Crippen LogP contribution in [0.3, 0.4) is 0 Å². The summed E-state index contributed by atoms with van der Waals surface area (Å²) in [6, 6.07) is 34.1. The van der Waals surface area contributed by atoms with Crippen molar-refractivity contribution in [3.8, 4) is 5.75 Å². The molecule has 0 saturated carbocycles. The van der Waals surface area contributed by atoms with Crippen LogP contribution in [0.1, 0.15) is 22.3 Å². The molecule has 0 aromatic heterocycles. The van der Waals surface area contributed by atoms with E-state index >= 15 is 0 Å². The minimum atomic E-state index is -3.42. The number of allylic oxidation sites excluding steroid dienone is 1. The van der Waals surface area contributed by atoms with Crippen molar-refractivity contribution < 1.29 is 4.74 Å². The molecule has 0 bridgehead atoms. The van der Waals surface area contributed by atoms with Gasteiger partial charge in [0.15, 0.2) is 0 Å². The van der Waals surface area contributed by atoms with Gasteiger partial charge in [0.1, 0.15) is 0 Å². The van der Waals surface area contributed by atoms with Gasteiger partial charge in [0.05, 0.1) is 0 Å². The number of rotatable bonds is 8. The summed E-state index contributed by atoms with van der Waals surface area (Å²) in [4.78, 5) is 0. The molecule has 0 radical (unpaired) electrons. The third-order valence-electron chi connectivity index (χ3n) is 6.93. The van der Waals surface area contributed by atoms with Gasteiger partial charge >= 0.3 is 209 Å². The van der Waals surface area contributed by atoms with Gasteiger partial charge in [-0.2, -0.15) is 0 Å². The number of hydrogen-bond donors (Lipinski definition) is 0. The van der Waals surface area contributed by atoms with E-state index in [1.807, 2.05) is 6.08 Å². The zero-order valence-corrected chi connectivity index (χ0v) is 21.8. The van der Waals surface area contributed by atoms with Gasteiger partial charge in [-0.25, -0.2) is 0 Å². The number of methoxy groups -OCH3 is 1. The van der Waals surface area contributed by atoms with E-state index in [0.717, 1.165) is 18.3 Å². The van der Waals surface area contributed by atoms with E-state index < -0.39 is 5.96 Å². The van der Waals surface area contributed by atoms with Gasteiger partial charge < -0.3 is 0 Å². The van der Waals surface area contributed by atoms with Crippen LogP contribution in [-0.4, -0.2) is 7.11 Å². The SMILES string of the molecule is C=CCc1c(OC)cc(C)c(CP(Cl)(c2ccccc2)(c2ccccc2)c2ccccc2)c1C. The van der Waals surface area contributed by atoms with Crippen molar-refractivity contribution in [1.29, 1.82) is 0 Å². The van der Waals surface area contributed by atoms with Crippen molar-refractivity contribution in [3.63, 3.8) is 0 Å². The Balaban J connectivity index is 2.11. The van der Waals surface area contributed by atoms with E-state index in [1.54, 1.807) is 7.11 Å². The molecule has 0 saturated heterocycles. The zero-order valence-electron chi connectivity index (χ0n) is 20.2. The molecular formula is C31H32ClOP. The molecule has 0 unspecified atom stereocenters. The van der Waals surface area contributed by atoms with Crippen molar-refractivity contribution in [2.24, 2.45) is 0 Å². The van der Waals surface area contributed by atoms with Crippen LogP contribution >= 0.6 is 17.2 Å². The Labute approximate surface area is 208 Å². The van der Waals surface area contributed by atoms with Crippen LogP contribution < -0.4 is 20.7 Å². The summed E-state index contributed by atoms with van der Waals surface area (Å²) in [7, 11) is 1.74. The summed E-state index contributed by atoms with van der Waals surface area (Å²) in [5.41, 5.74) is 4.88. The van der Waals surface area contributed by atoms with Gasteiger partial charge in [-0.05, 0) is 0 Å². The molecule has 1 nitrogen and oxygen atoms in total. The van der Waals surface area contributed by atoms with E-state index in [0.29, 0.717) is 0 Å². The molecule has 0 fully saturated rings. The van der Waals surface area contributed by atoms with Gasteiger partial charge in [0, 0.05) is 0 Å². The molecule has 3 heteroatoms. The van der Waals surface area contributed by atoms with Crippen LogP contribution in [0.4, 0.5) is 0 Å². The Bertz CT molecular complexity index is 1180. The standard InChI is InChI=1S/C31H32ClOP/c1-5-15-29-25(3)30(24(2)22-31(29)33-4)23-34(32,26-16-9-6-10-17-26,27-18-11-7-12-19-27)28-20-13-8-14-21-28/h5-14,16-22H,1,15,23H2,2-4H3. The summed E-state index contributed by atoms with van der Waals surface area (Å²) in [5.74, 6) is -2.51. The van der Waals surface area contributed by atoms with Crippen molar-refractivity contribution in [2.45, 2.75) is 26.4 Å². The van der Waals surface area contributed by atoms with Crippen LogP contribution in [0.5, 0.6) is 5.75 Å². The van der Waals surface area contributed by atoms with Crippen molar-refractivity contribution in [1.82, 2.24) is 0 Å². The van der Waals surface area contributed by atoms with E-state index in [4.69, 9.17) is 16.0 Å². The van der Waals surface area contributed by atoms with Crippen LogP contribution in [0.15, 0.2) is 110 Å². The summed E-state index contributed by atoms with van der Waals surface area (Å²) >= 11 is 8.33. The number of ether oxygens (including phenoxy) is 1. The molecule has 0 N–H and O–H groups in total. The van der Waals surface area contributed by atoms with Gasteiger partial charge in [-0.1, -0.05) is 0 Å². The normalized spacial score (nSPS) is 12.5. The van der Waals surface area contributed by atoms with Crippen LogP contribution in [0.25, 0.3) is 0 Å². The Morgan fingerprint density at radius 1 is 0.765 bits per heavy atom. The molecule has 0 aliphatic rings. The second kappa shape index (κ2) is 9.79. The average Bonchev–Trinajstić information content (AvgIpc) is 2.89. The summed E-state index contributed by atoms with van der Waals surface area (Å²) in [5, 5.41) is 3.52. The number of aryl methyl sites for hydroxylation is 1. The predicted octanol–water partition coefficient (Wildman–Crippen LogP) is 7.22. The maximum atomic E-state index is 8.33. The topological polar surface area (TPSA) is 9.23 Å². The molecule has 0 amide bonds. The molecule has 0 spiro atoms. The second-order valence-corrected chi connectivity index (χ2v) is 15.3. The first-order valence-corrected chi connectivity index (χ1v) is 14.9. The van der Waals surface area contributed by atoms with Gasteiger partial charge in [-0.15, -0.1) is 0 Å². The van der Waals surface area contributed by atoms with E-state index in [-0.39, 0.29) is 0 Å². The van der Waals surface area contributed by atoms with Gasteiger partial charge in [-0.3, -0.25) is 0 Å². The molecule has 4 aromatic carbocycles. The van der Waals surface area contributed by atoms with Crippen LogP contribution in [0.2, 0.25) is 0 Å². The number of benzene rings is 4. The third-order valence-corrected chi connectivity index (χ3v) is 14.1. The quantitative estimate of drug-likeness (QED) is 0.188. The van der Waals surface area contributed by atoms with E-state index in [9.17, 15) is 0 Å². The molecule has 174 valence electrons. The number of halogens is 1. The molecule has 34 heavy (non-hydrogen) atoms. The third kappa shape index (κ3) is 3.98. The second-order valence-electron chi connectivity index (χ2n) is 8.82. The van der Waals surface area contributed by atoms with Gasteiger partial charge in [0.2, 0.25) is 0 Å².